The molecule has 2 rings (SSSR count). The minimum absolute atomic E-state index is 0.304. The van der Waals surface area contributed by atoms with E-state index in [4.69, 9.17) is 5.21 Å². The van der Waals surface area contributed by atoms with E-state index >= 15 is 0 Å². The number of allylic oxidation sites excluding steroid dienone is 2. The summed E-state index contributed by atoms with van der Waals surface area (Å²) < 4.78 is 0. The third kappa shape index (κ3) is 1.20. The molecule has 2 unspecified atom stereocenters. The molecule has 0 amide bonds. The summed E-state index contributed by atoms with van der Waals surface area (Å²) in [7, 11) is 0. The quantitative estimate of drug-likeness (QED) is 0.419. The standard InChI is InChI=1S/C13H21NO/c1-5-11(14-15)9-8-13(4)7-6-10(9)12(13,2)3/h8,10,15H,5-7H2,1-4H3/b14-11+. The minimum Gasteiger partial charge on any atom is -0.411 e. The van der Waals surface area contributed by atoms with Crippen LogP contribution in [0.2, 0.25) is 0 Å². The summed E-state index contributed by atoms with van der Waals surface area (Å²) in [5, 5.41) is 12.5. The zero-order chi connectivity index (χ0) is 11.3. The summed E-state index contributed by atoms with van der Waals surface area (Å²) in [6.07, 6.45) is 5.70. The molecule has 0 spiro atoms. The number of fused-ring (bicyclic) bond motifs is 2. The van der Waals surface area contributed by atoms with E-state index in [1.807, 2.05) is 0 Å². The molecule has 2 atom stereocenters. The lowest BCUT2D eigenvalue weighted by atomic mass is 9.70. The summed E-state index contributed by atoms with van der Waals surface area (Å²) in [5.41, 5.74) is 2.82. The van der Waals surface area contributed by atoms with Crippen LogP contribution in [-0.4, -0.2) is 10.9 Å². The van der Waals surface area contributed by atoms with Gasteiger partial charge in [-0.25, -0.2) is 0 Å². The van der Waals surface area contributed by atoms with Gasteiger partial charge in [0, 0.05) is 0 Å². The number of hydrogen-bond acceptors (Lipinski definition) is 2. The molecule has 2 aliphatic carbocycles. The molecule has 2 heteroatoms. The summed E-state index contributed by atoms with van der Waals surface area (Å²) in [4.78, 5) is 0. The Balaban J connectivity index is 2.41. The molecule has 15 heavy (non-hydrogen) atoms. The molecule has 0 aromatic heterocycles. The molecule has 0 aliphatic heterocycles. The number of rotatable bonds is 2. The Morgan fingerprint density at radius 3 is 2.53 bits per heavy atom. The van der Waals surface area contributed by atoms with Crippen molar-refractivity contribution in [1.82, 2.24) is 0 Å². The van der Waals surface area contributed by atoms with Crippen LogP contribution in [0.1, 0.15) is 47.0 Å². The van der Waals surface area contributed by atoms with Gasteiger partial charge in [-0.1, -0.05) is 38.9 Å². The fraction of sp³-hybridized carbons (Fsp3) is 0.769. The Labute approximate surface area is 92.1 Å². The van der Waals surface area contributed by atoms with Crippen molar-refractivity contribution in [2.75, 3.05) is 0 Å². The molecule has 1 saturated carbocycles. The monoisotopic (exact) mass is 207 g/mol. The van der Waals surface area contributed by atoms with Crippen molar-refractivity contribution in [1.29, 1.82) is 0 Å². The molecule has 0 aromatic carbocycles. The van der Waals surface area contributed by atoms with Crippen LogP contribution >= 0.6 is 0 Å². The van der Waals surface area contributed by atoms with E-state index in [2.05, 4.69) is 38.9 Å². The van der Waals surface area contributed by atoms with Gasteiger partial charge < -0.3 is 5.21 Å². The number of oxime groups is 1. The smallest absolute Gasteiger partial charge is 0.0824 e. The first-order valence-corrected chi connectivity index (χ1v) is 5.90. The Hall–Kier alpha value is -0.790. The fourth-order valence-electron chi connectivity index (χ4n) is 3.39. The molecule has 84 valence electrons. The SMILES string of the molecule is CC/C(=N\O)C1=CC2(C)CCC1C2(C)C. The lowest BCUT2D eigenvalue weighted by Crippen LogP contribution is -2.27. The highest BCUT2D eigenvalue weighted by Gasteiger charge is 2.56. The molecule has 2 nitrogen and oxygen atoms in total. The first-order chi connectivity index (χ1) is 6.96. The van der Waals surface area contributed by atoms with Gasteiger partial charge in [0.1, 0.15) is 0 Å². The topological polar surface area (TPSA) is 32.6 Å². The van der Waals surface area contributed by atoms with Crippen LogP contribution in [0.5, 0.6) is 0 Å². The molecular formula is C13H21NO. The summed E-state index contributed by atoms with van der Waals surface area (Å²) in [6.45, 7) is 9.08. The summed E-state index contributed by atoms with van der Waals surface area (Å²) in [6, 6.07) is 0. The van der Waals surface area contributed by atoms with Gasteiger partial charge in [-0.15, -0.1) is 0 Å². The van der Waals surface area contributed by atoms with Crippen LogP contribution in [0.15, 0.2) is 16.8 Å². The average molecular weight is 207 g/mol. The van der Waals surface area contributed by atoms with E-state index in [1.165, 1.54) is 18.4 Å². The average Bonchev–Trinajstić information content (AvgIpc) is 2.50. The van der Waals surface area contributed by atoms with Crippen molar-refractivity contribution in [3.05, 3.63) is 11.6 Å². The van der Waals surface area contributed by atoms with Crippen LogP contribution < -0.4 is 0 Å². The highest BCUT2D eigenvalue weighted by atomic mass is 16.4. The third-order valence-electron chi connectivity index (χ3n) is 4.93. The predicted molar refractivity (Wildman–Crippen MR) is 62.2 cm³/mol. The van der Waals surface area contributed by atoms with Crippen molar-refractivity contribution < 1.29 is 5.21 Å². The van der Waals surface area contributed by atoms with Crippen molar-refractivity contribution in [2.45, 2.75) is 47.0 Å². The van der Waals surface area contributed by atoms with Gasteiger partial charge in [-0.3, -0.25) is 0 Å². The molecule has 0 heterocycles. The van der Waals surface area contributed by atoms with E-state index in [0.29, 0.717) is 16.7 Å². The van der Waals surface area contributed by atoms with Gasteiger partial charge in [0.2, 0.25) is 0 Å². The largest absolute Gasteiger partial charge is 0.411 e. The van der Waals surface area contributed by atoms with Gasteiger partial charge >= 0.3 is 0 Å². The highest BCUT2D eigenvalue weighted by Crippen LogP contribution is 2.64. The predicted octanol–water partition coefficient (Wildman–Crippen LogP) is 3.61. The molecule has 0 saturated heterocycles. The van der Waals surface area contributed by atoms with Gasteiger partial charge in [-0.2, -0.15) is 0 Å². The van der Waals surface area contributed by atoms with E-state index in [9.17, 15) is 0 Å². The molecule has 1 N–H and O–H groups in total. The van der Waals surface area contributed by atoms with Gasteiger partial charge in [0.25, 0.3) is 0 Å². The molecule has 1 fully saturated rings. The Morgan fingerprint density at radius 2 is 2.20 bits per heavy atom. The highest BCUT2D eigenvalue weighted by molar-refractivity contribution is 6.01. The van der Waals surface area contributed by atoms with Crippen LogP contribution in [0.3, 0.4) is 0 Å². The maximum Gasteiger partial charge on any atom is 0.0824 e. The zero-order valence-electron chi connectivity index (χ0n) is 10.2. The van der Waals surface area contributed by atoms with E-state index in [1.54, 1.807) is 0 Å². The minimum atomic E-state index is 0.304. The molecule has 0 radical (unpaired) electrons. The maximum atomic E-state index is 9.02. The Bertz CT molecular complexity index is 340. The van der Waals surface area contributed by atoms with Crippen LogP contribution in [0, 0.1) is 16.7 Å². The summed E-state index contributed by atoms with van der Waals surface area (Å²) in [5.74, 6) is 0.591. The number of hydrogen-bond donors (Lipinski definition) is 1. The molecule has 2 aliphatic rings. The van der Waals surface area contributed by atoms with Gasteiger partial charge in [0.15, 0.2) is 0 Å². The maximum absolute atomic E-state index is 9.02. The van der Waals surface area contributed by atoms with Gasteiger partial charge in [-0.05, 0) is 41.6 Å². The first kappa shape index (κ1) is 10.7. The lowest BCUT2D eigenvalue weighted by Gasteiger charge is -2.34. The van der Waals surface area contributed by atoms with Crippen LogP contribution in [0.4, 0.5) is 0 Å². The van der Waals surface area contributed by atoms with Gasteiger partial charge in [0.05, 0.1) is 5.71 Å². The van der Waals surface area contributed by atoms with Crippen LogP contribution in [-0.2, 0) is 0 Å². The van der Waals surface area contributed by atoms with E-state index in [-0.39, 0.29) is 0 Å². The van der Waals surface area contributed by atoms with E-state index in [0.717, 1.165) is 12.1 Å². The van der Waals surface area contributed by atoms with Crippen molar-refractivity contribution in [2.24, 2.45) is 21.9 Å². The van der Waals surface area contributed by atoms with Crippen molar-refractivity contribution in [3.63, 3.8) is 0 Å². The zero-order valence-corrected chi connectivity index (χ0v) is 10.2. The van der Waals surface area contributed by atoms with Crippen molar-refractivity contribution >= 4 is 5.71 Å². The van der Waals surface area contributed by atoms with Crippen LogP contribution in [0.25, 0.3) is 0 Å². The third-order valence-corrected chi connectivity index (χ3v) is 4.93. The van der Waals surface area contributed by atoms with Crippen molar-refractivity contribution in [3.8, 4) is 0 Å². The number of nitrogens with zero attached hydrogens (tertiary/aromatic N) is 1. The molecular weight excluding hydrogens is 186 g/mol. The van der Waals surface area contributed by atoms with E-state index < -0.39 is 0 Å². The molecule has 0 aromatic rings. The fourth-order valence-corrected chi connectivity index (χ4v) is 3.39. The Kier molecular flexibility index (Phi) is 2.21. The second-order valence-corrected chi connectivity index (χ2v) is 5.73. The normalized spacial score (nSPS) is 38.3. The first-order valence-electron chi connectivity index (χ1n) is 5.90. The summed E-state index contributed by atoms with van der Waals surface area (Å²) >= 11 is 0. The Morgan fingerprint density at radius 1 is 1.53 bits per heavy atom. The lowest BCUT2D eigenvalue weighted by molar-refractivity contribution is 0.180. The second kappa shape index (κ2) is 3.10. The molecule has 2 bridgehead atoms. The second-order valence-electron chi connectivity index (χ2n) is 5.73.